The Kier molecular flexibility index (Phi) is 6.04. The van der Waals surface area contributed by atoms with Crippen LogP contribution < -0.4 is 5.32 Å². The number of benzene rings is 2. The summed E-state index contributed by atoms with van der Waals surface area (Å²) >= 11 is 0. The van der Waals surface area contributed by atoms with E-state index in [9.17, 15) is 5.11 Å². The topological polar surface area (TPSA) is 32.3 Å². The highest BCUT2D eigenvalue weighted by Crippen LogP contribution is 2.38. The van der Waals surface area contributed by atoms with Gasteiger partial charge < -0.3 is 10.4 Å². The van der Waals surface area contributed by atoms with Crippen molar-refractivity contribution in [1.29, 1.82) is 0 Å². The van der Waals surface area contributed by atoms with Gasteiger partial charge in [-0.1, -0.05) is 50.2 Å². The molecule has 2 aromatic rings. The Morgan fingerprint density at radius 3 is 2.46 bits per heavy atom. The van der Waals surface area contributed by atoms with Crippen molar-refractivity contribution in [3.63, 3.8) is 0 Å². The van der Waals surface area contributed by atoms with Crippen LogP contribution in [0.25, 0.3) is 10.8 Å². The van der Waals surface area contributed by atoms with Crippen LogP contribution in [0.1, 0.15) is 57.6 Å². The summed E-state index contributed by atoms with van der Waals surface area (Å²) in [4.78, 5) is 0. The van der Waals surface area contributed by atoms with Gasteiger partial charge in [0, 0.05) is 13.1 Å². The number of hydrogen-bond acceptors (Lipinski definition) is 2. The van der Waals surface area contributed by atoms with Gasteiger partial charge in [-0.3, -0.25) is 0 Å². The molecule has 0 aliphatic heterocycles. The molecule has 0 heterocycles. The van der Waals surface area contributed by atoms with Crippen molar-refractivity contribution < 1.29 is 5.11 Å². The summed E-state index contributed by atoms with van der Waals surface area (Å²) in [5.41, 5.74) is 2.04. The van der Waals surface area contributed by atoms with Crippen LogP contribution in [-0.2, 0) is 6.54 Å². The average molecular weight is 354 g/mol. The fourth-order valence-electron chi connectivity index (χ4n) is 4.67. The van der Waals surface area contributed by atoms with E-state index in [2.05, 4.69) is 62.5 Å². The maximum atomic E-state index is 11.0. The molecule has 0 radical (unpaired) electrons. The first-order valence-electron chi connectivity index (χ1n) is 10.3. The average Bonchev–Trinajstić information content (AvgIpc) is 2.64. The van der Waals surface area contributed by atoms with Crippen molar-refractivity contribution in [3.8, 4) is 0 Å². The third-order valence-electron chi connectivity index (χ3n) is 6.70. The van der Waals surface area contributed by atoms with E-state index in [1.165, 1.54) is 34.7 Å². The summed E-state index contributed by atoms with van der Waals surface area (Å²) < 4.78 is 0. The second kappa shape index (κ2) is 8.10. The molecular formula is C24H35NO. The SMILES string of the molecule is Cc1c(CNCC(C)(O)C2CCC(C(C)C)CC2)ccc2ccccc12. The maximum absolute atomic E-state index is 11.0. The predicted octanol–water partition coefficient (Wildman–Crippen LogP) is 5.45. The molecule has 0 spiro atoms. The highest BCUT2D eigenvalue weighted by atomic mass is 16.3. The number of nitrogens with one attached hydrogen (secondary N) is 1. The van der Waals surface area contributed by atoms with Crippen LogP contribution in [-0.4, -0.2) is 17.3 Å². The van der Waals surface area contributed by atoms with E-state index in [4.69, 9.17) is 0 Å². The Morgan fingerprint density at radius 2 is 1.77 bits per heavy atom. The maximum Gasteiger partial charge on any atom is 0.0771 e. The molecule has 1 unspecified atom stereocenters. The second-order valence-corrected chi connectivity index (χ2v) is 8.89. The van der Waals surface area contributed by atoms with Gasteiger partial charge in [-0.2, -0.15) is 0 Å². The largest absolute Gasteiger partial charge is 0.389 e. The first-order chi connectivity index (χ1) is 12.4. The van der Waals surface area contributed by atoms with E-state index in [1.807, 2.05) is 6.92 Å². The van der Waals surface area contributed by atoms with Gasteiger partial charge in [0.1, 0.15) is 0 Å². The zero-order valence-corrected chi connectivity index (χ0v) is 16.9. The van der Waals surface area contributed by atoms with Crippen LogP contribution in [0, 0.1) is 24.7 Å². The number of rotatable bonds is 6. The molecule has 1 saturated carbocycles. The lowest BCUT2D eigenvalue weighted by atomic mass is 9.71. The van der Waals surface area contributed by atoms with Gasteiger partial charge in [-0.05, 0) is 79.2 Å². The zero-order valence-electron chi connectivity index (χ0n) is 16.9. The fraction of sp³-hybridized carbons (Fsp3) is 0.583. The molecular weight excluding hydrogens is 318 g/mol. The standard InChI is InChI=1S/C24H35NO/c1-17(2)19-11-13-22(14-12-19)24(4,26)16-25-15-21-10-9-20-7-5-6-8-23(20)18(21)3/h5-10,17,19,22,25-26H,11-16H2,1-4H3. The van der Waals surface area contributed by atoms with E-state index >= 15 is 0 Å². The molecule has 1 aliphatic rings. The Hall–Kier alpha value is -1.38. The molecule has 0 amide bonds. The van der Waals surface area contributed by atoms with Gasteiger partial charge in [0.05, 0.1) is 5.60 Å². The van der Waals surface area contributed by atoms with E-state index in [0.29, 0.717) is 12.5 Å². The minimum atomic E-state index is -0.618. The minimum Gasteiger partial charge on any atom is -0.389 e. The molecule has 0 bridgehead atoms. The van der Waals surface area contributed by atoms with Crippen molar-refractivity contribution in [3.05, 3.63) is 47.5 Å². The molecule has 2 heteroatoms. The van der Waals surface area contributed by atoms with Crippen LogP contribution in [0.15, 0.2) is 36.4 Å². The van der Waals surface area contributed by atoms with E-state index in [1.54, 1.807) is 0 Å². The summed E-state index contributed by atoms with van der Waals surface area (Å²) in [5, 5.41) is 17.2. The molecule has 1 aliphatic carbocycles. The lowest BCUT2D eigenvalue weighted by molar-refractivity contribution is -0.0240. The van der Waals surface area contributed by atoms with Gasteiger partial charge in [0.15, 0.2) is 0 Å². The fourth-order valence-corrected chi connectivity index (χ4v) is 4.67. The van der Waals surface area contributed by atoms with E-state index in [0.717, 1.165) is 31.2 Å². The van der Waals surface area contributed by atoms with Crippen molar-refractivity contribution in [2.75, 3.05) is 6.54 Å². The molecule has 0 saturated heterocycles. The van der Waals surface area contributed by atoms with E-state index < -0.39 is 5.60 Å². The molecule has 1 atom stereocenters. The molecule has 0 aromatic heterocycles. The van der Waals surface area contributed by atoms with Crippen LogP contribution in [0.5, 0.6) is 0 Å². The van der Waals surface area contributed by atoms with Gasteiger partial charge in [0.2, 0.25) is 0 Å². The van der Waals surface area contributed by atoms with E-state index in [-0.39, 0.29) is 0 Å². The highest BCUT2D eigenvalue weighted by molar-refractivity contribution is 5.86. The van der Waals surface area contributed by atoms with Crippen LogP contribution in [0.2, 0.25) is 0 Å². The predicted molar refractivity (Wildman–Crippen MR) is 111 cm³/mol. The highest BCUT2D eigenvalue weighted by Gasteiger charge is 2.35. The van der Waals surface area contributed by atoms with Crippen LogP contribution >= 0.6 is 0 Å². The monoisotopic (exact) mass is 353 g/mol. The first-order valence-corrected chi connectivity index (χ1v) is 10.3. The molecule has 2 aromatic carbocycles. The number of aryl methyl sites for hydroxylation is 1. The van der Waals surface area contributed by atoms with Gasteiger partial charge in [-0.25, -0.2) is 0 Å². The van der Waals surface area contributed by atoms with Crippen LogP contribution in [0.4, 0.5) is 0 Å². The molecule has 2 nitrogen and oxygen atoms in total. The second-order valence-electron chi connectivity index (χ2n) is 8.89. The molecule has 142 valence electrons. The normalized spacial score (nSPS) is 23.3. The smallest absolute Gasteiger partial charge is 0.0771 e. The number of aliphatic hydroxyl groups is 1. The van der Waals surface area contributed by atoms with Crippen molar-refractivity contribution in [2.24, 2.45) is 17.8 Å². The minimum absolute atomic E-state index is 0.419. The van der Waals surface area contributed by atoms with Crippen molar-refractivity contribution in [2.45, 2.75) is 65.5 Å². The summed E-state index contributed by atoms with van der Waals surface area (Å²) in [7, 11) is 0. The van der Waals surface area contributed by atoms with Crippen molar-refractivity contribution >= 4 is 10.8 Å². The van der Waals surface area contributed by atoms with Crippen molar-refractivity contribution in [1.82, 2.24) is 5.32 Å². The van der Waals surface area contributed by atoms with Gasteiger partial charge >= 0.3 is 0 Å². The van der Waals surface area contributed by atoms with Gasteiger partial charge in [0.25, 0.3) is 0 Å². The third kappa shape index (κ3) is 4.29. The lowest BCUT2D eigenvalue weighted by Crippen LogP contribution is -2.45. The summed E-state index contributed by atoms with van der Waals surface area (Å²) in [5.74, 6) is 2.04. The lowest BCUT2D eigenvalue weighted by Gasteiger charge is -2.39. The number of fused-ring (bicyclic) bond motifs is 1. The molecule has 3 rings (SSSR count). The molecule has 2 N–H and O–H groups in total. The molecule has 1 fully saturated rings. The summed E-state index contributed by atoms with van der Waals surface area (Å²) in [6.07, 6.45) is 4.85. The van der Waals surface area contributed by atoms with Gasteiger partial charge in [-0.15, -0.1) is 0 Å². The Balaban J connectivity index is 1.56. The Labute approximate surface area is 159 Å². The molecule has 26 heavy (non-hydrogen) atoms. The zero-order chi connectivity index (χ0) is 18.7. The van der Waals surface area contributed by atoms with Crippen LogP contribution in [0.3, 0.4) is 0 Å². The Morgan fingerprint density at radius 1 is 1.08 bits per heavy atom. The third-order valence-corrected chi connectivity index (χ3v) is 6.70. The Bertz CT molecular complexity index is 726. The first kappa shape index (κ1) is 19.4. The number of hydrogen-bond donors (Lipinski definition) is 2. The summed E-state index contributed by atoms with van der Waals surface area (Å²) in [6.45, 7) is 10.4. The summed E-state index contributed by atoms with van der Waals surface area (Å²) in [6, 6.07) is 13.0. The quantitative estimate of drug-likeness (QED) is 0.723.